The van der Waals surface area contributed by atoms with E-state index in [2.05, 4.69) is 55.5 Å². The van der Waals surface area contributed by atoms with Gasteiger partial charge in [-0.25, -0.2) is 0 Å². The Bertz CT molecular complexity index is 251. The summed E-state index contributed by atoms with van der Waals surface area (Å²) in [5.41, 5.74) is 2.51. The number of benzene rings is 1. The van der Waals surface area contributed by atoms with E-state index in [1.165, 1.54) is 5.56 Å². The number of hydrogen-bond donors (Lipinski definition) is 1. The monoisotopic (exact) mass is 178 g/mol. The van der Waals surface area contributed by atoms with Gasteiger partial charge in [0.1, 0.15) is 0 Å². The van der Waals surface area contributed by atoms with Gasteiger partial charge in [-0.1, -0.05) is 12.1 Å². The Morgan fingerprint density at radius 2 is 1.69 bits per heavy atom. The minimum Gasteiger partial charge on any atom is -0.388 e. The highest BCUT2D eigenvalue weighted by Gasteiger charge is 2.06. The second kappa shape index (κ2) is 4.28. The standard InChI is InChI=1S/C11H18N2/c1-9(13(3)4)10-5-7-11(12-2)8-6-10/h5-9,12H,1-4H3. The van der Waals surface area contributed by atoms with Crippen LogP contribution in [0, 0.1) is 0 Å². The van der Waals surface area contributed by atoms with Crippen molar-refractivity contribution in [3.05, 3.63) is 29.8 Å². The highest BCUT2D eigenvalue weighted by Crippen LogP contribution is 2.18. The van der Waals surface area contributed by atoms with Gasteiger partial charge in [0.15, 0.2) is 0 Å². The number of rotatable bonds is 3. The Morgan fingerprint density at radius 3 is 2.08 bits per heavy atom. The highest BCUT2D eigenvalue weighted by atomic mass is 15.1. The van der Waals surface area contributed by atoms with Gasteiger partial charge >= 0.3 is 0 Å². The minimum absolute atomic E-state index is 0.478. The van der Waals surface area contributed by atoms with Gasteiger partial charge in [0.05, 0.1) is 0 Å². The summed E-state index contributed by atoms with van der Waals surface area (Å²) in [5, 5.41) is 3.11. The van der Waals surface area contributed by atoms with Crippen LogP contribution >= 0.6 is 0 Å². The molecular formula is C11H18N2. The van der Waals surface area contributed by atoms with E-state index < -0.39 is 0 Å². The first-order chi connectivity index (χ1) is 6.15. The molecule has 0 aromatic heterocycles. The van der Waals surface area contributed by atoms with Crippen molar-refractivity contribution in [1.82, 2.24) is 4.90 Å². The largest absolute Gasteiger partial charge is 0.388 e. The molecular weight excluding hydrogens is 160 g/mol. The quantitative estimate of drug-likeness (QED) is 0.764. The van der Waals surface area contributed by atoms with E-state index in [0.29, 0.717) is 6.04 Å². The predicted molar refractivity (Wildman–Crippen MR) is 58.1 cm³/mol. The predicted octanol–water partition coefficient (Wildman–Crippen LogP) is 2.35. The van der Waals surface area contributed by atoms with Crippen LogP contribution in [-0.2, 0) is 0 Å². The Hall–Kier alpha value is -1.02. The molecule has 2 heteroatoms. The molecule has 2 nitrogen and oxygen atoms in total. The number of hydrogen-bond acceptors (Lipinski definition) is 2. The maximum atomic E-state index is 3.11. The molecule has 1 atom stereocenters. The fraction of sp³-hybridized carbons (Fsp3) is 0.455. The van der Waals surface area contributed by atoms with Crippen molar-refractivity contribution in [1.29, 1.82) is 0 Å². The fourth-order valence-electron chi connectivity index (χ4n) is 1.23. The Balaban J connectivity index is 2.79. The average Bonchev–Trinajstić information content (AvgIpc) is 2.17. The van der Waals surface area contributed by atoms with Gasteiger partial charge < -0.3 is 10.2 Å². The van der Waals surface area contributed by atoms with E-state index >= 15 is 0 Å². The minimum atomic E-state index is 0.478. The first-order valence-corrected chi connectivity index (χ1v) is 4.59. The normalized spacial score (nSPS) is 13.0. The molecule has 0 aliphatic rings. The van der Waals surface area contributed by atoms with Gasteiger partial charge in [-0.2, -0.15) is 0 Å². The van der Waals surface area contributed by atoms with Crippen molar-refractivity contribution in [2.45, 2.75) is 13.0 Å². The van der Waals surface area contributed by atoms with Crippen LogP contribution in [-0.4, -0.2) is 26.0 Å². The highest BCUT2D eigenvalue weighted by molar-refractivity contribution is 5.44. The van der Waals surface area contributed by atoms with Crippen molar-refractivity contribution in [2.75, 3.05) is 26.5 Å². The van der Waals surface area contributed by atoms with Crippen LogP contribution in [0.25, 0.3) is 0 Å². The van der Waals surface area contributed by atoms with E-state index in [4.69, 9.17) is 0 Å². The molecule has 1 unspecified atom stereocenters. The van der Waals surface area contributed by atoms with Crippen LogP contribution in [0.1, 0.15) is 18.5 Å². The summed E-state index contributed by atoms with van der Waals surface area (Å²) in [5.74, 6) is 0. The molecule has 0 saturated carbocycles. The Kier molecular flexibility index (Phi) is 3.32. The molecule has 0 aliphatic heterocycles. The van der Waals surface area contributed by atoms with Crippen LogP contribution < -0.4 is 5.32 Å². The third kappa shape index (κ3) is 2.46. The first-order valence-electron chi connectivity index (χ1n) is 4.59. The second-order valence-corrected chi connectivity index (χ2v) is 3.51. The summed E-state index contributed by atoms with van der Waals surface area (Å²) in [7, 11) is 6.12. The van der Waals surface area contributed by atoms with Gasteiger partial charge in [-0.15, -0.1) is 0 Å². The lowest BCUT2D eigenvalue weighted by Crippen LogP contribution is -2.16. The van der Waals surface area contributed by atoms with Crippen LogP contribution in [0.15, 0.2) is 24.3 Å². The SMILES string of the molecule is CNc1ccc(C(C)N(C)C)cc1. The number of nitrogens with one attached hydrogen (secondary N) is 1. The number of nitrogens with zero attached hydrogens (tertiary/aromatic N) is 1. The summed E-state index contributed by atoms with van der Waals surface area (Å²) in [6.45, 7) is 2.20. The summed E-state index contributed by atoms with van der Waals surface area (Å²) in [6, 6.07) is 9.02. The molecule has 13 heavy (non-hydrogen) atoms. The molecule has 0 saturated heterocycles. The topological polar surface area (TPSA) is 15.3 Å². The molecule has 1 aromatic carbocycles. The van der Waals surface area contributed by atoms with E-state index in [-0.39, 0.29) is 0 Å². The van der Waals surface area contributed by atoms with Crippen LogP contribution in [0.3, 0.4) is 0 Å². The lowest BCUT2D eigenvalue weighted by atomic mass is 10.1. The van der Waals surface area contributed by atoms with Crippen molar-refractivity contribution in [3.63, 3.8) is 0 Å². The van der Waals surface area contributed by atoms with Gasteiger partial charge in [-0.3, -0.25) is 0 Å². The maximum Gasteiger partial charge on any atom is 0.0337 e. The van der Waals surface area contributed by atoms with Gasteiger partial charge in [0, 0.05) is 18.8 Å². The molecule has 1 aromatic rings. The van der Waals surface area contributed by atoms with Gasteiger partial charge in [0.2, 0.25) is 0 Å². The van der Waals surface area contributed by atoms with Crippen LogP contribution in [0.5, 0.6) is 0 Å². The fourth-order valence-corrected chi connectivity index (χ4v) is 1.23. The van der Waals surface area contributed by atoms with Crippen molar-refractivity contribution in [2.24, 2.45) is 0 Å². The zero-order valence-electron chi connectivity index (χ0n) is 8.83. The lowest BCUT2D eigenvalue weighted by Gasteiger charge is -2.20. The Morgan fingerprint density at radius 1 is 1.15 bits per heavy atom. The third-order valence-electron chi connectivity index (χ3n) is 2.46. The summed E-state index contributed by atoms with van der Waals surface area (Å²) >= 11 is 0. The van der Waals surface area contributed by atoms with E-state index in [0.717, 1.165) is 5.69 Å². The lowest BCUT2D eigenvalue weighted by molar-refractivity contribution is 0.321. The van der Waals surface area contributed by atoms with Gasteiger partial charge in [-0.05, 0) is 38.7 Å². The zero-order valence-corrected chi connectivity index (χ0v) is 8.83. The summed E-state index contributed by atoms with van der Waals surface area (Å²) in [4.78, 5) is 2.20. The Labute approximate surface area is 80.6 Å². The van der Waals surface area contributed by atoms with E-state index in [9.17, 15) is 0 Å². The van der Waals surface area contributed by atoms with Crippen molar-refractivity contribution >= 4 is 5.69 Å². The molecule has 0 bridgehead atoms. The summed E-state index contributed by atoms with van der Waals surface area (Å²) in [6.07, 6.45) is 0. The van der Waals surface area contributed by atoms with Crippen LogP contribution in [0.2, 0.25) is 0 Å². The molecule has 1 N–H and O–H groups in total. The number of anilines is 1. The zero-order chi connectivity index (χ0) is 9.84. The average molecular weight is 178 g/mol. The van der Waals surface area contributed by atoms with Gasteiger partial charge in [0.25, 0.3) is 0 Å². The smallest absolute Gasteiger partial charge is 0.0337 e. The first kappa shape index (κ1) is 10.1. The van der Waals surface area contributed by atoms with Crippen LogP contribution in [0.4, 0.5) is 5.69 Å². The molecule has 0 heterocycles. The molecule has 0 aliphatic carbocycles. The maximum absolute atomic E-state index is 3.11. The van der Waals surface area contributed by atoms with Crippen molar-refractivity contribution < 1.29 is 0 Å². The second-order valence-electron chi connectivity index (χ2n) is 3.51. The summed E-state index contributed by atoms with van der Waals surface area (Å²) < 4.78 is 0. The molecule has 0 spiro atoms. The van der Waals surface area contributed by atoms with Crippen molar-refractivity contribution in [3.8, 4) is 0 Å². The molecule has 0 amide bonds. The third-order valence-corrected chi connectivity index (χ3v) is 2.46. The van der Waals surface area contributed by atoms with E-state index in [1.807, 2.05) is 7.05 Å². The molecule has 0 radical (unpaired) electrons. The molecule has 72 valence electrons. The molecule has 0 fully saturated rings. The molecule has 1 rings (SSSR count). The van der Waals surface area contributed by atoms with E-state index in [1.54, 1.807) is 0 Å².